The van der Waals surface area contributed by atoms with Crippen molar-refractivity contribution < 1.29 is 5.11 Å². The first-order valence-corrected chi connectivity index (χ1v) is 5.26. The molecule has 0 fully saturated rings. The number of hydrogen-bond acceptors (Lipinski definition) is 4. The molecule has 0 saturated carbocycles. The van der Waals surface area contributed by atoms with Gasteiger partial charge in [0.1, 0.15) is 5.82 Å². The van der Waals surface area contributed by atoms with Gasteiger partial charge in [0, 0.05) is 25.3 Å². The van der Waals surface area contributed by atoms with Crippen LogP contribution in [-0.4, -0.2) is 29.8 Å². The predicted octanol–water partition coefficient (Wildman–Crippen LogP) is 0.920. The van der Waals surface area contributed by atoms with Crippen molar-refractivity contribution in [1.29, 1.82) is 0 Å². The summed E-state index contributed by atoms with van der Waals surface area (Å²) in [6.07, 6.45) is 1.76. The third kappa shape index (κ3) is 3.18. The van der Waals surface area contributed by atoms with Crippen LogP contribution >= 0.6 is 0 Å². The van der Waals surface area contributed by atoms with E-state index in [2.05, 4.69) is 4.98 Å². The van der Waals surface area contributed by atoms with Gasteiger partial charge in [-0.1, -0.05) is 0 Å². The smallest absolute Gasteiger partial charge is 0.128 e. The summed E-state index contributed by atoms with van der Waals surface area (Å²) < 4.78 is 0. The molecule has 4 heteroatoms. The van der Waals surface area contributed by atoms with E-state index in [9.17, 15) is 0 Å². The number of likely N-dealkylation sites (N-methyl/N-ethyl adjacent to an activating group) is 1. The summed E-state index contributed by atoms with van der Waals surface area (Å²) in [5, 5.41) is 8.91. The third-order valence-corrected chi connectivity index (χ3v) is 2.37. The Bertz CT molecular complexity index is 302. The number of hydrogen-bond donors (Lipinski definition) is 2. The van der Waals surface area contributed by atoms with E-state index in [1.54, 1.807) is 6.20 Å². The van der Waals surface area contributed by atoms with Gasteiger partial charge in [-0.2, -0.15) is 0 Å². The van der Waals surface area contributed by atoms with Crippen LogP contribution in [0.1, 0.15) is 25.5 Å². The maximum absolute atomic E-state index is 8.91. The van der Waals surface area contributed by atoms with Crippen molar-refractivity contribution >= 4 is 5.82 Å². The van der Waals surface area contributed by atoms with E-state index in [1.807, 2.05) is 30.9 Å². The summed E-state index contributed by atoms with van der Waals surface area (Å²) >= 11 is 0. The van der Waals surface area contributed by atoms with Crippen molar-refractivity contribution in [2.24, 2.45) is 5.73 Å². The third-order valence-electron chi connectivity index (χ3n) is 2.37. The van der Waals surface area contributed by atoms with Gasteiger partial charge in [0.25, 0.3) is 0 Å². The van der Waals surface area contributed by atoms with Gasteiger partial charge in [0.15, 0.2) is 0 Å². The molecule has 84 valence electrons. The Labute approximate surface area is 90.7 Å². The maximum Gasteiger partial charge on any atom is 0.128 e. The number of rotatable bonds is 5. The number of aliphatic hydroxyl groups excluding tert-OH is 1. The van der Waals surface area contributed by atoms with Crippen molar-refractivity contribution in [3.05, 3.63) is 23.9 Å². The van der Waals surface area contributed by atoms with Crippen LogP contribution in [0.3, 0.4) is 0 Å². The van der Waals surface area contributed by atoms with E-state index >= 15 is 0 Å². The fourth-order valence-corrected chi connectivity index (χ4v) is 1.45. The lowest BCUT2D eigenvalue weighted by molar-refractivity contribution is 0.302. The number of anilines is 1. The SMILES string of the molecule is CCN(CCO)c1cc(C(C)N)ccn1. The summed E-state index contributed by atoms with van der Waals surface area (Å²) in [6.45, 7) is 5.55. The lowest BCUT2D eigenvalue weighted by atomic mass is 10.1. The van der Waals surface area contributed by atoms with Gasteiger partial charge >= 0.3 is 0 Å². The number of nitrogens with zero attached hydrogens (tertiary/aromatic N) is 2. The van der Waals surface area contributed by atoms with E-state index in [4.69, 9.17) is 10.8 Å². The molecule has 0 spiro atoms. The molecule has 1 aromatic rings. The molecule has 0 saturated heterocycles. The second kappa shape index (κ2) is 5.68. The summed E-state index contributed by atoms with van der Waals surface area (Å²) in [6, 6.07) is 3.91. The zero-order chi connectivity index (χ0) is 11.3. The van der Waals surface area contributed by atoms with Crippen molar-refractivity contribution in [1.82, 2.24) is 4.98 Å². The highest BCUT2D eigenvalue weighted by molar-refractivity contribution is 5.41. The molecule has 1 aromatic heterocycles. The minimum atomic E-state index is 0.0135. The number of pyridine rings is 1. The Morgan fingerprint density at radius 3 is 2.87 bits per heavy atom. The average molecular weight is 209 g/mol. The highest BCUT2D eigenvalue weighted by Gasteiger charge is 2.07. The normalized spacial score (nSPS) is 12.5. The van der Waals surface area contributed by atoms with Gasteiger partial charge in [0.2, 0.25) is 0 Å². The molecule has 0 radical (unpaired) electrons. The van der Waals surface area contributed by atoms with Gasteiger partial charge in [-0.05, 0) is 31.5 Å². The number of aromatic nitrogens is 1. The molecular weight excluding hydrogens is 190 g/mol. The van der Waals surface area contributed by atoms with Crippen LogP contribution in [0.2, 0.25) is 0 Å². The van der Waals surface area contributed by atoms with Crippen LogP contribution in [0.25, 0.3) is 0 Å². The van der Waals surface area contributed by atoms with Crippen LogP contribution in [0.4, 0.5) is 5.82 Å². The van der Waals surface area contributed by atoms with Crippen LogP contribution in [0.5, 0.6) is 0 Å². The van der Waals surface area contributed by atoms with Gasteiger partial charge < -0.3 is 15.7 Å². The minimum absolute atomic E-state index is 0.0135. The van der Waals surface area contributed by atoms with Crippen molar-refractivity contribution in [3.8, 4) is 0 Å². The molecule has 1 atom stereocenters. The topological polar surface area (TPSA) is 62.4 Å². The largest absolute Gasteiger partial charge is 0.395 e. The summed E-state index contributed by atoms with van der Waals surface area (Å²) in [5.74, 6) is 0.876. The number of aliphatic hydroxyl groups is 1. The molecule has 0 amide bonds. The Morgan fingerprint density at radius 2 is 2.33 bits per heavy atom. The van der Waals surface area contributed by atoms with E-state index in [-0.39, 0.29) is 12.6 Å². The fraction of sp³-hybridized carbons (Fsp3) is 0.545. The average Bonchev–Trinajstić information content (AvgIpc) is 2.26. The first kappa shape index (κ1) is 11.9. The number of nitrogens with two attached hydrogens (primary N) is 1. The van der Waals surface area contributed by atoms with E-state index in [0.29, 0.717) is 6.54 Å². The van der Waals surface area contributed by atoms with Crippen molar-refractivity contribution in [2.75, 3.05) is 24.6 Å². The molecule has 1 rings (SSSR count). The Balaban J connectivity index is 2.87. The molecule has 0 aromatic carbocycles. The molecule has 4 nitrogen and oxygen atoms in total. The standard InChI is InChI=1S/C11H19N3O/c1-3-14(6-7-15)11-8-10(9(2)12)4-5-13-11/h4-5,8-9,15H,3,6-7,12H2,1-2H3. The molecule has 0 aliphatic rings. The zero-order valence-electron chi connectivity index (χ0n) is 9.35. The van der Waals surface area contributed by atoms with Gasteiger partial charge in [-0.3, -0.25) is 0 Å². The zero-order valence-corrected chi connectivity index (χ0v) is 9.35. The van der Waals surface area contributed by atoms with Gasteiger partial charge in [0.05, 0.1) is 6.61 Å². The molecule has 15 heavy (non-hydrogen) atoms. The molecule has 1 heterocycles. The lowest BCUT2D eigenvalue weighted by Gasteiger charge is -2.21. The Morgan fingerprint density at radius 1 is 1.60 bits per heavy atom. The lowest BCUT2D eigenvalue weighted by Crippen LogP contribution is -2.27. The van der Waals surface area contributed by atoms with Crippen LogP contribution in [0, 0.1) is 0 Å². The Kier molecular flexibility index (Phi) is 4.52. The molecule has 0 aliphatic carbocycles. The minimum Gasteiger partial charge on any atom is -0.395 e. The van der Waals surface area contributed by atoms with Crippen LogP contribution < -0.4 is 10.6 Å². The maximum atomic E-state index is 8.91. The van der Waals surface area contributed by atoms with Crippen molar-refractivity contribution in [3.63, 3.8) is 0 Å². The summed E-state index contributed by atoms with van der Waals surface area (Å²) in [7, 11) is 0. The summed E-state index contributed by atoms with van der Waals surface area (Å²) in [4.78, 5) is 6.29. The first-order chi connectivity index (χ1) is 7.19. The van der Waals surface area contributed by atoms with E-state index < -0.39 is 0 Å². The molecule has 1 unspecified atom stereocenters. The van der Waals surface area contributed by atoms with Gasteiger partial charge in [-0.25, -0.2) is 4.98 Å². The van der Waals surface area contributed by atoms with Crippen LogP contribution in [-0.2, 0) is 0 Å². The second-order valence-electron chi connectivity index (χ2n) is 3.54. The monoisotopic (exact) mass is 209 g/mol. The van der Waals surface area contributed by atoms with Gasteiger partial charge in [-0.15, -0.1) is 0 Å². The van der Waals surface area contributed by atoms with E-state index in [0.717, 1.165) is 17.9 Å². The molecular formula is C11H19N3O. The summed E-state index contributed by atoms with van der Waals surface area (Å²) in [5.41, 5.74) is 6.87. The molecule has 3 N–H and O–H groups in total. The Hall–Kier alpha value is -1.13. The van der Waals surface area contributed by atoms with E-state index in [1.165, 1.54) is 0 Å². The van der Waals surface area contributed by atoms with Crippen molar-refractivity contribution in [2.45, 2.75) is 19.9 Å². The molecule has 0 bridgehead atoms. The van der Waals surface area contributed by atoms with Crippen LogP contribution in [0.15, 0.2) is 18.3 Å². The highest BCUT2D eigenvalue weighted by Crippen LogP contribution is 2.16. The highest BCUT2D eigenvalue weighted by atomic mass is 16.3. The quantitative estimate of drug-likeness (QED) is 0.757. The molecule has 0 aliphatic heterocycles. The predicted molar refractivity (Wildman–Crippen MR) is 61.8 cm³/mol. The first-order valence-electron chi connectivity index (χ1n) is 5.26. The fourth-order valence-electron chi connectivity index (χ4n) is 1.45. The second-order valence-corrected chi connectivity index (χ2v) is 3.54.